The fraction of sp³-hybridized carbons (Fsp3) is 0.0800. The quantitative estimate of drug-likeness (QED) is 0.363. The number of ketones is 2. The molecule has 164 valence electrons. The monoisotopic (exact) mass is 444 g/mol. The van der Waals surface area contributed by atoms with E-state index in [2.05, 4.69) is 0 Å². The number of phenolic OH excluding ortho intramolecular Hbond substituents is 2. The van der Waals surface area contributed by atoms with Gasteiger partial charge in [-0.1, -0.05) is 18.2 Å². The van der Waals surface area contributed by atoms with Gasteiger partial charge in [-0.25, -0.2) is 4.79 Å². The van der Waals surface area contributed by atoms with Gasteiger partial charge in [0.05, 0.1) is 11.1 Å². The lowest BCUT2D eigenvalue weighted by Crippen LogP contribution is -2.21. The van der Waals surface area contributed by atoms with Gasteiger partial charge in [-0.05, 0) is 47.5 Å². The van der Waals surface area contributed by atoms with Crippen LogP contribution in [-0.4, -0.2) is 34.5 Å². The highest BCUT2D eigenvalue weighted by atomic mass is 16.7. The first-order chi connectivity index (χ1) is 15.9. The third-order valence-electron chi connectivity index (χ3n) is 5.35. The van der Waals surface area contributed by atoms with Crippen LogP contribution in [0.3, 0.4) is 0 Å². The fourth-order valence-electron chi connectivity index (χ4n) is 3.81. The lowest BCUT2D eigenvalue weighted by molar-refractivity contribution is -0.138. The van der Waals surface area contributed by atoms with Crippen molar-refractivity contribution in [1.82, 2.24) is 0 Å². The number of ether oxygens (including phenoxy) is 3. The van der Waals surface area contributed by atoms with E-state index < -0.39 is 23.3 Å². The van der Waals surface area contributed by atoms with Crippen LogP contribution in [0.4, 0.5) is 0 Å². The summed E-state index contributed by atoms with van der Waals surface area (Å²) in [6.45, 7) is -0.0709. The van der Waals surface area contributed by atoms with Crippen molar-refractivity contribution >= 4 is 23.6 Å². The standard InChI is InChI=1S/C25H16O8/c26-17-3-1-2-15-22(17)25(30)23-16(24(15)29)8-14(9-18(23)27)11-31-21(28)7-5-13-4-6-19-20(10-13)33-12-32-19/h1-10,26-27H,11-12H2/b7-5+. The number of fused-ring (bicyclic) bond motifs is 3. The highest BCUT2D eigenvalue weighted by molar-refractivity contribution is 6.30. The van der Waals surface area contributed by atoms with Crippen LogP contribution in [0.15, 0.2) is 54.6 Å². The van der Waals surface area contributed by atoms with Gasteiger partial charge in [-0.2, -0.15) is 0 Å². The SMILES string of the molecule is O=C(/C=C/c1ccc2c(c1)OCO2)OCc1cc(O)c2c(c1)C(=O)c1cccc(O)c1C2=O. The Kier molecular flexibility index (Phi) is 4.82. The molecule has 0 spiro atoms. The predicted octanol–water partition coefficient (Wildman–Crippen LogP) is 3.36. The first-order valence-electron chi connectivity index (χ1n) is 9.94. The van der Waals surface area contributed by atoms with Crippen molar-refractivity contribution in [2.24, 2.45) is 0 Å². The second kappa shape index (κ2) is 7.83. The van der Waals surface area contributed by atoms with Crippen molar-refractivity contribution in [2.75, 3.05) is 6.79 Å². The molecule has 8 heteroatoms. The average Bonchev–Trinajstić information content (AvgIpc) is 3.27. The van der Waals surface area contributed by atoms with E-state index in [1.165, 1.54) is 36.4 Å². The van der Waals surface area contributed by atoms with Gasteiger partial charge in [-0.15, -0.1) is 0 Å². The van der Waals surface area contributed by atoms with E-state index >= 15 is 0 Å². The number of esters is 1. The summed E-state index contributed by atoms with van der Waals surface area (Å²) in [7, 11) is 0. The molecule has 0 atom stereocenters. The lowest BCUT2D eigenvalue weighted by Gasteiger charge is -2.20. The van der Waals surface area contributed by atoms with Gasteiger partial charge in [-0.3, -0.25) is 9.59 Å². The number of rotatable bonds is 4. The maximum absolute atomic E-state index is 12.9. The molecule has 2 N–H and O–H groups in total. The first kappa shape index (κ1) is 20.3. The molecule has 3 aromatic rings. The molecule has 0 radical (unpaired) electrons. The summed E-state index contributed by atoms with van der Waals surface area (Å²) in [5.41, 5.74) is 0.757. The highest BCUT2D eigenvalue weighted by Gasteiger charge is 2.34. The molecule has 33 heavy (non-hydrogen) atoms. The summed E-state index contributed by atoms with van der Waals surface area (Å²) in [6.07, 6.45) is 2.80. The Morgan fingerprint density at radius 1 is 0.909 bits per heavy atom. The van der Waals surface area contributed by atoms with Crippen LogP contribution in [0, 0.1) is 0 Å². The molecule has 3 aromatic carbocycles. The van der Waals surface area contributed by atoms with Crippen LogP contribution < -0.4 is 9.47 Å². The topological polar surface area (TPSA) is 119 Å². The van der Waals surface area contributed by atoms with E-state index in [9.17, 15) is 24.6 Å². The summed E-state index contributed by atoms with van der Waals surface area (Å²) in [4.78, 5) is 37.8. The predicted molar refractivity (Wildman–Crippen MR) is 114 cm³/mol. The van der Waals surface area contributed by atoms with Crippen LogP contribution in [0.25, 0.3) is 6.08 Å². The maximum atomic E-state index is 12.9. The van der Waals surface area contributed by atoms with Crippen LogP contribution in [0.2, 0.25) is 0 Å². The Bertz CT molecular complexity index is 1370. The molecule has 0 amide bonds. The Morgan fingerprint density at radius 2 is 1.70 bits per heavy atom. The second-order valence-electron chi connectivity index (χ2n) is 7.45. The van der Waals surface area contributed by atoms with E-state index in [0.717, 1.165) is 0 Å². The minimum absolute atomic E-state index is 0.0138. The Morgan fingerprint density at radius 3 is 2.55 bits per heavy atom. The van der Waals surface area contributed by atoms with Crippen molar-refractivity contribution in [2.45, 2.75) is 6.61 Å². The summed E-state index contributed by atoms with van der Waals surface area (Å²) < 4.78 is 15.7. The first-order valence-corrected chi connectivity index (χ1v) is 9.94. The third kappa shape index (κ3) is 3.57. The van der Waals surface area contributed by atoms with E-state index in [1.807, 2.05) is 0 Å². The fourth-order valence-corrected chi connectivity index (χ4v) is 3.81. The summed E-state index contributed by atoms with van der Waals surface area (Å²) in [6, 6.07) is 12.1. The molecule has 2 aliphatic rings. The van der Waals surface area contributed by atoms with Crippen LogP contribution >= 0.6 is 0 Å². The zero-order valence-corrected chi connectivity index (χ0v) is 17.0. The van der Waals surface area contributed by atoms with Crippen molar-refractivity contribution < 1.29 is 38.8 Å². The van der Waals surface area contributed by atoms with Crippen molar-refractivity contribution in [1.29, 1.82) is 0 Å². The van der Waals surface area contributed by atoms with Crippen LogP contribution in [0.5, 0.6) is 23.0 Å². The van der Waals surface area contributed by atoms with E-state index in [1.54, 1.807) is 24.3 Å². The van der Waals surface area contributed by atoms with Gasteiger partial charge in [0.25, 0.3) is 0 Å². The minimum atomic E-state index is -0.648. The van der Waals surface area contributed by atoms with E-state index in [-0.39, 0.29) is 41.4 Å². The molecule has 0 fully saturated rings. The average molecular weight is 444 g/mol. The molecular weight excluding hydrogens is 428 g/mol. The molecule has 1 aliphatic carbocycles. The normalized spacial score (nSPS) is 13.7. The molecule has 0 bridgehead atoms. The molecule has 5 rings (SSSR count). The van der Waals surface area contributed by atoms with Gasteiger partial charge in [0.1, 0.15) is 18.1 Å². The molecular formula is C25H16O8. The lowest BCUT2D eigenvalue weighted by atomic mass is 9.82. The van der Waals surface area contributed by atoms with Gasteiger partial charge >= 0.3 is 5.97 Å². The Hall–Kier alpha value is -4.59. The number of carbonyl (C=O) groups is 3. The molecule has 8 nitrogen and oxygen atoms in total. The molecule has 0 saturated carbocycles. The van der Waals surface area contributed by atoms with Crippen molar-refractivity contribution in [3.05, 3.63) is 88.0 Å². The van der Waals surface area contributed by atoms with Gasteiger partial charge < -0.3 is 24.4 Å². The number of aromatic hydroxyl groups is 2. The van der Waals surface area contributed by atoms with Crippen molar-refractivity contribution in [3.63, 3.8) is 0 Å². The van der Waals surface area contributed by atoms with Crippen LogP contribution in [-0.2, 0) is 16.1 Å². The van der Waals surface area contributed by atoms with E-state index in [0.29, 0.717) is 22.6 Å². The zero-order valence-electron chi connectivity index (χ0n) is 17.0. The number of benzene rings is 3. The molecule has 0 aromatic heterocycles. The number of hydrogen-bond acceptors (Lipinski definition) is 8. The smallest absolute Gasteiger partial charge is 0.331 e. The van der Waals surface area contributed by atoms with Crippen LogP contribution in [0.1, 0.15) is 43.0 Å². The van der Waals surface area contributed by atoms with Crippen molar-refractivity contribution in [3.8, 4) is 23.0 Å². The maximum Gasteiger partial charge on any atom is 0.331 e. The zero-order chi connectivity index (χ0) is 23.1. The molecule has 0 saturated heterocycles. The third-order valence-corrected chi connectivity index (χ3v) is 5.35. The molecule has 0 unspecified atom stereocenters. The number of phenols is 2. The van der Waals surface area contributed by atoms with Gasteiger partial charge in [0.15, 0.2) is 17.3 Å². The number of hydrogen-bond donors (Lipinski definition) is 2. The minimum Gasteiger partial charge on any atom is -0.507 e. The Balaban J connectivity index is 1.33. The van der Waals surface area contributed by atoms with E-state index in [4.69, 9.17) is 14.2 Å². The molecule has 1 aliphatic heterocycles. The molecule has 1 heterocycles. The summed E-state index contributed by atoms with van der Waals surface area (Å²) in [5.74, 6) is -1.34. The second-order valence-corrected chi connectivity index (χ2v) is 7.45. The largest absolute Gasteiger partial charge is 0.507 e. The van der Waals surface area contributed by atoms with Gasteiger partial charge in [0, 0.05) is 17.2 Å². The Labute approximate surface area is 187 Å². The summed E-state index contributed by atoms with van der Waals surface area (Å²) in [5, 5.41) is 20.4. The highest BCUT2D eigenvalue weighted by Crippen LogP contribution is 2.37. The summed E-state index contributed by atoms with van der Waals surface area (Å²) >= 11 is 0. The number of carbonyl (C=O) groups excluding carboxylic acids is 3. The van der Waals surface area contributed by atoms with Gasteiger partial charge in [0.2, 0.25) is 12.6 Å².